The Labute approximate surface area is 127 Å². The van der Waals surface area contributed by atoms with Crippen molar-refractivity contribution in [2.45, 2.75) is 45.2 Å². The van der Waals surface area contributed by atoms with E-state index in [0.29, 0.717) is 0 Å². The number of nitrogens with zero attached hydrogens (tertiary/aromatic N) is 3. The average Bonchev–Trinajstić information content (AvgIpc) is 2.46. The number of piperidine rings is 1. The first-order valence-corrected chi connectivity index (χ1v) is 7.07. The summed E-state index contributed by atoms with van der Waals surface area (Å²) in [4.78, 5) is 34.7. The molecule has 1 aliphatic rings. The third kappa shape index (κ3) is 3.05. The molecule has 118 valence electrons. The molecule has 0 radical (unpaired) electrons. The molecule has 0 spiro atoms. The zero-order valence-corrected chi connectivity index (χ0v) is 12.4. The van der Waals surface area contributed by atoms with E-state index in [4.69, 9.17) is 0 Å². The highest BCUT2D eigenvalue weighted by Gasteiger charge is 2.31. The van der Waals surface area contributed by atoms with Crippen LogP contribution < -0.4 is 0 Å². The van der Waals surface area contributed by atoms with Crippen molar-refractivity contribution in [3.05, 3.63) is 44.0 Å². The van der Waals surface area contributed by atoms with Gasteiger partial charge in [-0.15, -0.1) is 0 Å². The maximum absolute atomic E-state index is 12.7. The largest absolute Gasteiger partial charge is 0.333 e. The Morgan fingerprint density at radius 2 is 1.50 bits per heavy atom. The lowest BCUT2D eigenvalue weighted by Gasteiger charge is -2.39. The second kappa shape index (κ2) is 6.08. The highest BCUT2D eigenvalue weighted by atomic mass is 16.6. The second-order valence-electron chi connectivity index (χ2n) is 5.59. The molecule has 0 unspecified atom stereocenters. The van der Waals surface area contributed by atoms with Gasteiger partial charge >= 0.3 is 0 Å². The number of nitro benzene ring substituents is 2. The number of hydrogen-bond donors (Lipinski definition) is 0. The van der Waals surface area contributed by atoms with Crippen LogP contribution in [0.2, 0.25) is 0 Å². The van der Waals surface area contributed by atoms with Crippen LogP contribution in [-0.4, -0.2) is 32.7 Å². The summed E-state index contributed by atoms with van der Waals surface area (Å²) in [6.45, 7) is 3.83. The van der Waals surface area contributed by atoms with Crippen LogP contribution >= 0.6 is 0 Å². The molecule has 1 fully saturated rings. The molecule has 0 bridgehead atoms. The molecule has 1 aromatic rings. The Bertz CT molecular complexity index is 589. The van der Waals surface area contributed by atoms with E-state index in [0.717, 1.165) is 37.5 Å². The van der Waals surface area contributed by atoms with Crippen LogP contribution in [-0.2, 0) is 0 Å². The number of likely N-dealkylation sites (tertiary alicyclic amines) is 1. The monoisotopic (exact) mass is 307 g/mol. The highest BCUT2D eigenvalue weighted by Crippen LogP contribution is 2.28. The molecule has 1 aromatic carbocycles. The Morgan fingerprint density at radius 1 is 1.05 bits per heavy atom. The van der Waals surface area contributed by atoms with Crippen LogP contribution in [0.25, 0.3) is 0 Å². The van der Waals surface area contributed by atoms with Crippen LogP contribution in [0.3, 0.4) is 0 Å². The number of carbonyl (C=O) groups is 1. The Morgan fingerprint density at radius 3 is 1.91 bits per heavy atom. The van der Waals surface area contributed by atoms with Gasteiger partial charge in [0, 0.05) is 24.2 Å². The lowest BCUT2D eigenvalue weighted by Crippen LogP contribution is -2.47. The van der Waals surface area contributed by atoms with E-state index in [1.807, 2.05) is 13.8 Å². The standard InChI is InChI=1S/C14H17N3O5/c1-9-4-3-5-10(2)15(9)14(18)11-6-12(16(19)20)8-13(7-11)17(21)22/h6-10H,3-5H2,1-2H3/t9-,10-/m1/s1. The average molecular weight is 307 g/mol. The first kappa shape index (κ1) is 15.9. The predicted molar refractivity (Wildman–Crippen MR) is 78.7 cm³/mol. The van der Waals surface area contributed by atoms with E-state index in [2.05, 4.69) is 0 Å². The molecule has 2 atom stereocenters. The van der Waals surface area contributed by atoms with Crippen molar-refractivity contribution in [2.24, 2.45) is 0 Å². The first-order chi connectivity index (χ1) is 10.3. The van der Waals surface area contributed by atoms with E-state index >= 15 is 0 Å². The summed E-state index contributed by atoms with van der Waals surface area (Å²) >= 11 is 0. The Balaban J connectivity index is 2.44. The third-order valence-electron chi connectivity index (χ3n) is 4.00. The minimum Gasteiger partial charge on any atom is -0.333 e. The molecule has 1 saturated heterocycles. The van der Waals surface area contributed by atoms with Gasteiger partial charge in [-0.2, -0.15) is 0 Å². The maximum Gasteiger partial charge on any atom is 0.277 e. The molecule has 0 aliphatic carbocycles. The molecular formula is C14H17N3O5. The summed E-state index contributed by atoms with van der Waals surface area (Å²) < 4.78 is 0. The van der Waals surface area contributed by atoms with E-state index in [1.165, 1.54) is 0 Å². The van der Waals surface area contributed by atoms with Crippen molar-refractivity contribution >= 4 is 17.3 Å². The van der Waals surface area contributed by atoms with Crippen LogP contribution in [0.4, 0.5) is 11.4 Å². The van der Waals surface area contributed by atoms with E-state index in [1.54, 1.807) is 4.90 Å². The molecule has 0 N–H and O–H groups in total. The van der Waals surface area contributed by atoms with Crippen molar-refractivity contribution in [3.8, 4) is 0 Å². The maximum atomic E-state index is 12.7. The van der Waals surface area contributed by atoms with Crippen molar-refractivity contribution < 1.29 is 14.6 Å². The Hall–Kier alpha value is -2.51. The summed E-state index contributed by atoms with van der Waals surface area (Å²) in [6, 6.07) is 3.08. The molecule has 22 heavy (non-hydrogen) atoms. The van der Waals surface area contributed by atoms with Crippen LogP contribution in [0.5, 0.6) is 0 Å². The van der Waals surface area contributed by atoms with Gasteiger partial charge in [-0.05, 0) is 33.1 Å². The summed E-state index contributed by atoms with van der Waals surface area (Å²) in [5, 5.41) is 21.8. The number of nitro groups is 2. The predicted octanol–water partition coefficient (Wildman–Crippen LogP) is 2.91. The summed E-state index contributed by atoms with van der Waals surface area (Å²) in [7, 11) is 0. The lowest BCUT2D eigenvalue weighted by atomic mass is 9.96. The van der Waals surface area contributed by atoms with Crippen LogP contribution in [0, 0.1) is 20.2 Å². The minimum absolute atomic E-state index is 0.00886. The highest BCUT2D eigenvalue weighted by molar-refractivity contribution is 5.96. The number of hydrogen-bond acceptors (Lipinski definition) is 5. The van der Waals surface area contributed by atoms with Gasteiger partial charge in [0.05, 0.1) is 21.5 Å². The number of non-ortho nitro benzene ring substituents is 2. The zero-order valence-electron chi connectivity index (χ0n) is 12.4. The van der Waals surface area contributed by atoms with Crippen LogP contribution in [0.1, 0.15) is 43.5 Å². The van der Waals surface area contributed by atoms with Gasteiger partial charge in [0.25, 0.3) is 17.3 Å². The molecule has 8 heteroatoms. The topological polar surface area (TPSA) is 107 Å². The summed E-state index contributed by atoms with van der Waals surface area (Å²) in [5.74, 6) is -0.397. The molecule has 1 aliphatic heterocycles. The van der Waals surface area contributed by atoms with Gasteiger partial charge in [0.2, 0.25) is 0 Å². The minimum atomic E-state index is -0.729. The first-order valence-electron chi connectivity index (χ1n) is 7.07. The Kier molecular flexibility index (Phi) is 4.39. The number of amides is 1. The summed E-state index contributed by atoms with van der Waals surface area (Å²) in [6.07, 6.45) is 2.72. The quantitative estimate of drug-likeness (QED) is 0.630. The van der Waals surface area contributed by atoms with Gasteiger partial charge < -0.3 is 4.90 Å². The molecular weight excluding hydrogens is 290 g/mol. The molecule has 0 aromatic heterocycles. The molecule has 2 rings (SSSR count). The lowest BCUT2D eigenvalue weighted by molar-refractivity contribution is -0.394. The van der Waals surface area contributed by atoms with E-state index in [9.17, 15) is 25.0 Å². The van der Waals surface area contributed by atoms with Gasteiger partial charge in [-0.1, -0.05) is 0 Å². The SMILES string of the molecule is C[C@@H]1CCC[C@@H](C)N1C(=O)c1cc([N+](=O)[O-])cc([N+](=O)[O-])c1. The van der Waals surface area contributed by atoms with Gasteiger partial charge in [-0.3, -0.25) is 25.0 Å². The molecule has 0 saturated carbocycles. The second-order valence-corrected chi connectivity index (χ2v) is 5.59. The third-order valence-corrected chi connectivity index (χ3v) is 4.00. The number of benzene rings is 1. The normalized spacial score (nSPS) is 21.5. The van der Waals surface area contributed by atoms with Gasteiger partial charge in [0.1, 0.15) is 0 Å². The summed E-state index contributed by atoms with van der Waals surface area (Å²) in [5.41, 5.74) is -0.911. The fourth-order valence-corrected chi connectivity index (χ4v) is 2.90. The number of rotatable bonds is 3. The van der Waals surface area contributed by atoms with Crippen molar-refractivity contribution in [2.75, 3.05) is 0 Å². The van der Waals surface area contributed by atoms with Gasteiger partial charge in [0.15, 0.2) is 0 Å². The number of carbonyl (C=O) groups excluding carboxylic acids is 1. The fourth-order valence-electron chi connectivity index (χ4n) is 2.90. The smallest absolute Gasteiger partial charge is 0.277 e. The van der Waals surface area contributed by atoms with E-state index in [-0.39, 0.29) is 17.6 Å². The van der Waals surface area contributed by atoms with E-state index < -0.39 is 27.1 Å². The van der Waals surface area contributed by atoms with Crippen molar-refractivity contribution in [1.82, 2.24) is 4.90 Å². The molecule has 1 amide bonds. The molecule has 8 nitrogen and oxygen atoms in total. The fraction of sp³-hybridized carbons (Fsp3) is 0.500. The zero-order chi connectivity index (χ0) is 16.4. The van der Waals surface area contributed by atoms with Crippen molar-refractivity contribution in [1.29, 1.82) is 0 Å². The van der Waals surface area contributed by atoms with Gasteiger partial charge in [-0.25, -0.2) is 0 Å². The van der Waals surface area contributed by atoms with Crippen molar-refractivity contribution in [3.63, 3.8) is 0 Å². The molecule has 1 heterocycles. The van der Waals surface area contributed by atoms with Crippen LogP contribution in [0.15, 0.2) is 18.2 Å².